The number of halogens is 1. The number of furan rings is 2. The fourth-order valence-electron chi connectivity index (χ4n) is 2.12. The number of benzene rings is 1. The van der Waals surface area contributed by atoms with Crippen LogP contribution in [0.25, 0.3) is 11.3 Å². The molecular weight excluding hydrogens is 318 g/mol. The first-order valence-corrected chi connectivity index (χ1v) is 7.37. The first-order valence-electron chi connectivity index (χ1n) is 6.99. The molecule has 0 fully saturated rings. The fraction of sp³-hybridized carbons (Fsp3) is 0.118. The van der Waals surface area contributed by atoms with Gasteiger partial charge in [0.15, 0.2) is 5.76 Å². The molecule has 0 bridgehead atoms. The minimum absolute atomic E-state index is 0.0223. The van der Waals surface area contributed by atoms with Crippen molar-refractivity contribution in [3.05, 3.63) is 71.3 Å². The third-order valence-corrected chi connectivity index (χ3v) is 3.63. The molecule has 3 rings (SSSR count). The van der Waals surface area contributed by atoms with Gasteiger partial charge in [0, 0.05) is 5.56 Å². The van der Waals surface area contributed by atoms with E-state index in [-0.39, 0.29) is 12.3 Å². The van der Waals surface area contributed by atoms with Gasteiger partial charge >= 0.3 is 0 Å². The molecule has 0 aliphatic heterocycles. The maximum Gasteiger partial charge on any atom is 0.287 e. The quantitative estimate of drug-likeness (QED) is 0.748. The Bertz CT molecular complexity index is 795. The highest BCUT2D eigenvalue weighted by molar-refractivity contribution is 6.33. The lowest BCUT2D eigenvalue weighted by Crippen LogP contribution is -2.27. The molecule has 2 aromatic heterocycles. The Hall–Kier alpha value is -2.50. The third-order valence-electron chi connectivity index (χ3n) is 3.30. The molecule has 0 radical (unpaired) electrons. The van der Waals surface area contributed by atoms with E-state index < -0.39 is 12.0 Å². The van der Waals surface area contributed by atoms with Crippen molar-refractivity contribution in [2.75, 3.05) is 6.54 Å². The summed E-state index contributed by atoms with van der Waals surface area (Å²) in [4.78, 5) is 12.1. The number of nitrogens with one attached hydrogen (secondary N) is 1. The smallest absolute Gasteiger partial charge is 0.287 e. The van der Waals surface area contributed by atoms with Crippen LogP contribution >= 0.6 is 11.6 Å². The van der Waals surface area contributed by atoms with Crippen LogP contribution in [0.5, 0.6) is 0 Å². The first kappa shape index (κ1) is 15.4. The summed E-state index contributed by atoms with van der Waals surface area (Å²) in [6.45, 7) is 0.0223. The number of hydrogen-bond acceptors (Lipinski definition) is 4. The van der Waals surface area contributed by atoms with Crippen molar-refractivity contribution in [2.45, 2.75) is 6.10 Å². The summed E-state index contributed by atoms with van der Waals surface area (Å²) in [6.07, 6.45) is 0.551. The molecule has 0 aliphatic rings. The van der Waals surface area contributed by atoms with E-state index in [0.717, 1.165) is 0 Å². The van der Waals surface area contributed by atoms with E-state index in [0.29, 0.717) is 22.1 Å². The van der Waals surface area contributed by atoms with Gasteiger partial charge in [-0.2, -0.15) is 0 Å². The molecule has 0 saturated carbocycles. The van der Waals surface area contributed by atoms with Crippen LogP contribution in [0.3, 0.4) is 0 Å². The van der Waals surface area contributed by atoms with Crippen molar-refractivity contribution in [1.29, 1.82) is 0 Å². The Kier molecular flexibility index (Phi) is 4.50. The second kappa shape index (κ2) is 6.73. The summed E-state index contributed by atoms with van der Waals surface area (Å²) >= 11 is 6.10. The van der Waals surface area contributed by atoms with Crippen molar-refractivity contribution in [2.24, 2.45) is 0 Å². The zero-order chi connectivity index (χ0) is 16.2. The lowest BCUT2D eigenvalue weighted by molar-refractivity contribution is 0.0875. The molecule has 1 unspecified atom stereocenters. The SMILES string of the molecule is O=C(NCC(O)c1ccco1)c1ccc(-c2ccccc2Cl)o1. The molecule has 6 heteroatoms. The topological polar surface area (TPSA) is 75.6 Å². The molecule has 1 aromatic carbocycles. The molecule has 118 valence electrons. The minimum Gasteiger partial charge on any atom is -0.467 e. The van der Waals surface area contributed by atoms with E-state index in [9.17, 15) is 9.90 Å². The van der Waals surface area contributed by atoms with E-state index in [2.05, 4.69) is 5.32 Å². The summed E-state index contributed by atoms with van der Waals surface area (Å²) in [7, 11) is 0. The Labute approximate surface area is 137 Å². The van der Waals surface area contributed by atoms with Crippen molar-refractivity contribution in [3.63, 3.8) is 0 Å². The van der Waals surface area contributed by atoms with Gasteiger partial charge in [-0.1, -0.05) is 23.7 Å². The highest BCUT2D eigenvalue weighted by Gasteiger charge is 2.16. The Balaban J connectivity index is 1.66. The van der Waals surface area contributed by atoms with E-state index in [1.54, 1.807) is 30.3 Å². The Morgan fingerprint density at radius 1 is 1.17 bits per heavy atom. The van der Waals surface area contributed by atoms with Gasteiger partial charge in [-0.3, -0.25) is 4.79 Å². The maximum atomic E-state index is 12.1. The van der Waals surface area contributed by atoms with Gasteiger partial charge in [0.1, 0.15) is 17.6 Å². The number of carbonyl (C=O) groups is 1. The molecule has 0 spiro atoms. The average Bonchev–Trinajstić information content (AvgIpc) is 3.24. The number of rotatable bonds is 5. The first-order chi connectivity index (χ1) is 11.1. The molecule has 0 aliphatic carbocycles. The number of aliphatic hydroxyl groups excluding tert-OH is 1. The molecule has 0 saturated heterocycles. The number of aliphatic hydroxyl groups is 1. The van der Waals surface area contributed by atoms with Crippen molar-refractivity contribution in [1.82, 2.24) is 5.32 Å². The zero-order valence-electron chi connectivity index (χ0n) is 12.0. The van der Waals surface area contributed by atoms with Gasteiger partial charge < -0.3 is 19.3 Å². The van der Waals surface area contributed by atoms with Gasteiger partial charge in [-0.15, -0.1) is 0 Å². The van der Waals surface area contributed by atoms with E-state index >= 15 is 0 Å². The van der Waals surface area contributed by atoms with Crippen LogP contribution in [0.1, 0.15) is 22.4 Å². The highest BCUT2D eigenvalue weighted by atomic mass is 35.5. The van der Waals surface area contributed by atoms with E-state index in [4.69, 9.17) is 20.4 Å². The second-order valence-corrected chi connectivity index (χ2v) is 5.29. The van der Waals surface area contributed by atoms with E-state index in [1.165, 1.54) is 6.26 Å². The Morgan fingerprint density at radius 3 is 2.74 bits per heavy atom. The normalized spacial score (nSPS) is 12.1. The number of carbonyl (C=O) groups excluding carboxylic acids is 1. The van der Waals surface area contributed by atoms with Crippen LogP contribution in [0.2, 0.25) is 5.02 Å². The van der Waals surface area contributed by atoms with Gasteiger partial charge in [-0.05, 0) is 36.4 Å². The molecule has 3 aromatic rings. The van der Waals surface area contributed by atoms with Crippen LogP contribution in [0, 0.1) is 0 Å². The van der Waals surface area contributed by atoms with Gasteiger partial charge in [-0.25, -0.2) is 0 Å². The Morgan fingerprint density at radius 2 is 2.00 bits per heavy atom. The summed E-state index contributed by atoms with van der Waals surface area (Å²) < 4.78 is 10.6. The lowest BCUT2D eigenvalue weighted by Gasteiger charge is -2.08. The fourth-order valence-corrected chi connectivity index (χ4v) is 2.35. The van der Waals surface area contributed by atoms with Crippen molar-refractivity contribution in [3.8, 4) is 11.3 Å². The summed E-state index contributed by atoms with van der Waals surface area (Å²) in [5, 5.41) is 13.0. The zero-order valence-corrected chi connectivity index (χ0v) is 12.8. The number of hydrogen-bond donors (Lipinski definition) is 2. The molecule has 2 N–H and O–H groups in total. The predicted molar refractivity (Wildman–Crippen MR) is 85.2 cm³/mol. The lowest BCUT2D eigenvalue weighted by atomic mass is 10.2. The van der Waals surface area contributed by atoms with Gasteiger partial charge in [0.2, 0.25) is 0 Å². The molecule has 1 amide bonds. The predicted octanol–water partition coefficient (Wildman–Crippen LogP) is 3.66. The molecule has 1 atom stereocenters. The summed E-state index contributed by atoms with van der Waals surface area (Å²) in [6, 6.07) is 13.8. The maximum absolute atomic E-state index is 12.1. The van der Waals surface area contributed by atoms with Crippen LogP contribution in [-0.4, -0.2) is 17.6 Å². The molecular formula is C17H14ClNO4. The second-order valence-electron chi connectivity index (χ2n) is 4.88. The molecule has 5 nitrogen and oxygen atoms in total. The number of amides is 1. The van der Waals surface area contributed by atoms with Crippen LogP contribution in [0.4, 0.5) is 0 Å². The van der Waals surface area contributed by atoms with Crippen LogP contribution in [0.15, 0.2) is 63.6 Å². The average molecular weight is 332 g/mol. The largest absolute Gasteiger partial charge is 0.467 e. The highest BCUT2D eigenvalue weighted by Crippen LogP contribution is 2.29. The van der Waals surface area contributed by atoms with Gasteiger partial charge in [0.05, 0.1) is 17.8 Å². The monoisotopic (exact) mass is 331 g/mol. The summed E-state index contributed by atoms with van der Waals surface area (Å²) in [5.41, 5.74) is 0.712. The van der Waals surface area contributed by atoms with E-state index in [1.807, 2.05) is 18.2 Å². The van der Waals surface area contributed by atoms with Crippen molar-refractivity contribution >= 4 is 17.5 Å². The third kappa shape index (κ3) is 3.47. The standard InChI is InChI=1S/C17H14ClNO4/c18-12-5-2-1-4-11(12)14-7-8-16(23-14)17(21)19-10-13(20)15-6-3-9-22-15/h1-9,13,20H,10H2,(H,19,21). The summed E-state index contributed by atoms with van der Waals surface area (Å²) in [5.74, 6) is 0.620. The minimum atomic E-state index is -0.910. The van der Waals surface area contributed by atoms with Crippen LogP contribution < -0.4 is 5.32 Å². The van der Waals surface area contributed by atoms with Crippen LogP contribution in [-0.2, 0) is 0 Å². The molecule has 23 heavy (non-hydrogen) atoms. The molecule has 2 heterocycles. The van der Waals surface area contributed by atoms with Crippen molar-refractivity contribution < 1.29 is 18.7 Å². The van der Waals surface area contributed by atoms with Gasteiger partial charge in [0.25, 0.3) is 5.91 Å².